The van der Waals surface area contributed by atoms with Crippen LogP contribution in [0, 0.1) is 5.92 Å². The average Bonchev–Trinajstić information content (AvgIpc) is 2.67. The van der Waals surface area contributed by atoms with Gasteiger partial charge in [-0.15, -0.1) is 0 Å². The van der Waals surface area contributed by atoms with Crippen molar-refractivity contribution in [2.45, 2.75) is 25.7 Å². The highest BCUT2D eigenvalue weighted by Gasteiger charge is 2.29. The Kier molecular flexibility index (Phi) is 2.21. The topological polar surface area (TPSA) is 55.9 Å². The first-order chi connectivity index (χ1) is 8.18. The standard InChI is InChI=1S/C14H15NO2/c1-8-9(14(16)17)6-7-12-13(8)10-4-2-3-5-11(10)15-12/h2-5,8-9,15H,6-7H2,1H3,(H,16,17)/p-1/t8-,9-/m0/s1. The zero-order valence-corrected chi connectivity index (χ0v) is 9.69. The second kappa shape index (κ2) is 3.62. The van der Waals surface area contributed by atoms with E-state index < -0.39 is 5.97 Å². The SMILES string of the molecule is C[C@@H]1c2c([nH]c3ccccc23)CC[C@@H]1C(=O)[O-]. The summed E-state index contributed by atoms with van der Waals surface area (Å²) in [4.78, 5) is 14.5. The van der Waals surface area contributed by atoms with E-state index in [1.54, 1.807) is 0 Å². The van der Waals surface area contributed by atoms with Crippen molar-refractivity contribution in [3.05, 3.63) is 35.5 Å². The predicted molar refractivity (Wildman–Crippen MR) is 63.5 cm³/mol. The van der Waals surface area contributed by atoms with Crippen LogP contribution >= 0.6 is 0 Å². The fourth-order valence-electron chi connectivity index (χ4n) is 3.01. The predicted octanol–water partition coefficient (Wildman–Crippen LogP) is 1.58. The number of rotatable bonds is 1. The van der Waals surface area contributed by atoms with Crippen LogP contribution in [-0.4, -0.2) is 11.0 Å². The summed E-state index contributed by atoms with van der Waals surface area (Å²) >= 11 is 0. The van der Waals surface area contributed by atoms with Gasteiger partial charge in [-0.25, -0.2) is 0 Å². The van der Waals surface area contributed by atoms with Gasteiger partial charge in [0.25, 0.3) is 0 Å². The highest BCUT2D eigenvalue weighted by molar-refractivity contribution is 5.86. The van der Waals surface area contributed by atoms with Gasteiger partial charge >= 0.3 is 0 Å². The van der Waals surface area contributed by atoms with Crippen LogP contribution in [0.15, 0.2) is 24.3 Å². The van der Waals surface area contributed by atoms with Gasteiger partial charge in [-0.2, -0.15) is 0 Å². The second-order valence-corrected chi connectivity index (χ2v) is 4.82. The summed E-state index contributed by atoms with van der Waals surface area (Å²) in [6.45, 7) is 1.98. The quantitative estimate of drug-likeness (QED) is 0.805. The lowest BCUT2D eigenvalue weighted by molar-refractivity contribution is -0.312. The second-order valence-electron chi connectivity index (χ2n) is 4.82. The number of benzene rings is 1. The molecule has 1 N–H and O–H groups in total. The van der Waals surface area contributed by atoms with E-state index in [1.807, 2.05) is 25.1 Å². The fourth-order valence-corrected chi connectivity index (χ4v) is 3.01. The largest absolute Gasteiger partial charge is 0.550 e. The number of fused-ring (bicyclic) bond motifs is 3. The third kappa shape index (κ3) is 1.46. The van der Waals surface area contributed by atoms with Crippen LogP contribution in [0.25, 0.3) is 10.9 Å². The van der Waals surface area contributed by atoms with Crippen molar-refractivity contribution in [3.63, 3.8) is 0 Å². The summed E-state index contributed by atoms with van der Waals surface area (Å²) in [5, 5.41) is 12.3. The lowest BCUT2D eigenvalue weighted by Crippen LogP contribution is -2.36. The molecule has 3 heteroatoms. The van der Waals surface area contributed by atoms with Crippen LogP contribution in [-0.2, 0) is 11.2 Å². The molecule has 0 aliphatic heterocycles. The molecule has 2 atom stereocenters. The summed E-state index contributed by atoms with van der Waals surface area (Å²) in [6.07, 6.45) is 1.47. The van der Waals surface area contributed by atoms with Crippen LogP contribution in [0.4, 0.5) is 0 Å². The molecule has 0 bridgehead atoms. The first-order valence-electron chi connectivity index (χ1n) is 5.99. The minimum atomic E-state index is -0.923. The van der Waals surface area contributed by atoms with Crippen molar-refractivity contribution < 1.29 is 9.90 Å². The summed E-state index contributed by atoms with van der Waals surface area (Å²) in [5.74, 6) is -1.25. The number of para-hydroxylation sites is 1. The van der Waals surface area contributed by atoms with Crippen molar-refractivity contribution in [2.24, 2.45) is 5.92 Å². The molecule has 1 aliphatic carbocycles. The number of carboxylic acids is 1. The summed E-state index contributed by atoms with van der Waals surface area (Å²) in [6, 6.07) is 8.07. The maximum absolute atomic E-state index is 11.1. The van der Waals surface area contributed by atoms with Gasteiger partial charge < -0.3 is 14.9 Å². The molecule has 3 nitrogen and oxygen atoms in total. The van der Waals surface area contributed by atoms with Gasteiger partial charge in [0.1, 0.15) is 0 Å². The molecule has 1 aromatic heterocycles. The summed E-state index contributed by atoms with van der Waals surface area (Å²) in [7, 11) is 0. The van der Waals surface area contributed by atoms with Crippen LogP contribution in [0.5, 0.6) is 0 Å². The Morgan fingerprint density at radius 3 is 2.94 bits per heavy atom. The summed E-state index contributed by atoms with van der Waals surface area (Å²) in [5.41, 5.74) is 3.46. The van der Waals surface area contributed by atoms with Gasteiger partial charge in [-0.1, -0.05) is 25.1 Å². The normalized spacial score (nSPS) is 23.6. The molecule has 1 heterocycles. The Bertz CT molecular complexity index is 585. The minimum Gasteiger partial charge on any atom is -0.550 e. The minimum absolute atomic E-state index is 0.0277. The van der Waals surface area contributed by atoms with Gasteiger partial charge in [0.2, 0.25) is 0 Å². The number of H-pyrrole nitrogens is 1. The highest BCUT2D eigenvalue weighted by Crippen LogP contribution is 2.39. The average molecular weight is 228 g/mol. The number of nitrogens with one attached hydrogen (secondary N) is 1. The third-order valence-corrected chi connectivity index (χ3v) is 3.89. The van der Waals surface area contributed by atoms with Gasteiger partial charge in [0.05, 0.1) is 0 Å². The molecular weight excluding hydrogens is 214 g/mol. The van der Waals surface area contributed by atoms with E-state index in [9.17, 15) is 9.90 Å². The molecule has 0 radical (unpaired) electrons. The van der Waals surface area contributed by atoms with Crippen molar-refractivity contribution in [1.29, 1.82) is 0 Å². The molecule has 2 aromatic rings. The Labute approximate surface area is 99.5 Å². The van der Waals surface area contributed by atoms with Gasteiger partial charge in [-0.05, 0) is 30.4 Å². The van der Waals surface area contributed by atoms with Gasteiger partial charge in [0.15, 0.2) is 0 Å². The molecule has 0 unspecified atom stereocenters. The van der Waals surface area contributed by atoms with Crippen molar-refractivity contribution in [1.82, 2.24) is 4.98 Å². The van der Waals surface area contributed by atoms with E-state index in [4.69, 9.17) is 0 Å². The molecule has 1 aromatic carbocycles. The number of hydrogen-bond donors (Lipinski definition) is 1. The first-order valence-corrected chi connectivity index (χ1v) is 5.99. The van der Waals surface area contributed by atoms with Gasteiger partial charge in [0, 0.05) is 28.5 Å². The van der Waals surface area contributed by atoms with Gasteiger partial charge in [-0.3, -0.25) is 0 Å². The Balaban J connectivity index is 2.19. The number of carbonyl (C=O) groups excluding carboxylic acids is 1. The molecule has 0 fully saturated rings. The Morgan fingerprint density at radius 1 is 1.41 bits per heavy atom. The van der Waals surface area contributed by atoms with E-state index in [0.29, 0.717) is 6.42 Å². The molecule has 17 heavy (non-hydrogen) atoms. The monoisotopic (exact) mass is 228 g/mol. The van der Waals surface area contributed by atoms with Crippen LogP contribution < -0.4 is 5.11 Å². The van der Waals surface area contributed by atoms with E-state index in [1.165, 1.54) is 11.3 Å². The van der Waals surface area contributed by atoms with Crippen LogP contribution in [0.1, 0.15) is 30.5 Å². The van der Waals surface area contributed by atoms with E-state index >= 15 is 0 Å². The van der Waals surface area contributed by atoms with Crippen LogP contribution in [0.2, 0.25) is 0 Å². The first kappa shape index (κ1) is 10.4. The number of aromatic amines is 1. The number of aliphatic carboxylic acids is 1. The fraction of sp³-hybridized carbons (Fsp3) is 0.357. The molecule has 0 amide bonds. The maximum atomic E-state index is 11.1. The lowest BCUT2D eigenvalue weighted by atomic mass is 9.78. The van der Waals surface area contributed by atoms with Crippen LogP contribution in [0.3, 0.4) is 0 Å². The molecule has 0 saturated carbocycles. The highest BCUT2D eigenvalue weighted by atomic mass is 16.4. The summed E-state index contributed by atoms with van der Waals surface area (Å²) < 4.78 is 0. The van der Waals surface area contributed by atoms with Crippen molar-refractivity contribution in [3.8, 4) is 0 Å². The molecule has 3 rings (SSSR count). The number of carboxylic acid groups (broad SMARTS) is 1. The third-order valence-electron chi connectivity index (χ3n) is 3.89. The van der Waals surface area contributed by atoms with Crippen molar-refractivity contribution >= 4 is 16.9 Å². The lowest BCUT2D eigenvalue weighted by Gasteiger charge is -2.30. The Morgan fingerprint density at radius 2 is 2.18 bits per heavy atom. The smallest absolute Gasteiger partial charge is 0.0459 e. The number of aryl methyl sites for hydroxylation is 1. The van der Waals surface area contributed by atoms with E-state index in [0.717, 1.165) is 17.3 Å². The zero-order chi connectivity index (χ0) is 12.0. The molecule has 1 aliphatic rings. The number of aromatic nitrogens is 1. The van der Waals surface area contributed by atoms with E-state index in [2.05, 4.69) is 11.1 Å². The van der Waals surface area contributed by atoms with Crippen molar-refractivity contribution in [2.75, 3.05) is 0 Å². The zero-order valence-electron chi connectivity index (χ0n) is 9.69. The van der Waals surface area contributed by atoms with E-state index in [-0.39, 0.29) is 11.8 Å². The Hall–Kier alpha value is -1.77. The number of carbonyl (C=O) groups is 1. The molecule has 88 valence electrons. The molecular formula is C14H14NO2-. The maximum Gasteiger partial charge on any atom is 0.0459 e. The number of hydrogen-bond acceptors (Lipinski definition) is 2. The molecule has 0 spiro atoms. The molecule has 0 saturated heterocycles.